The lowest BCUT2D eigenvalue weighted by Gasteiger charge is -2.18. The quantitative estimate of drug-likeness (QED) is 0.234. The molecule has 0 saturated carbocycles. The molecule has 3 rings (SSSR count). The van der Waals surface area contributed by atoms with E-state index in [-0.39, 0.29) is 12.3 Å². The summed E-state index contributed by atoms with van der Waals surface area (Å²) < 4.78 is 6.25. The number of hydrogen-bond acceptors (Lipinski definition) is 5. The lowest BCUT2D eigenvalue weighted by Crippen LogP contribution is -2.35. The van der Waals surface area contributed by atoms with Crippen LogP contribution < -0.4 is 5.32 Å². The monoisotopic (exact) mass is 466 g/mol. The fraction of sp³-hybridized carbons (Fsp3) is 0.0870. The molecule has 0 heterocycles. The first-order valence-corrected chi connectivity index (χ1v) is 9.92. The van der Waals surface area contributed by atoms with Crippen LogP contribution in [0.3, 0.4) is 0 Å². The highest BCUT2D eigenvalue weighted by atomic mass is 79.9. The zero-order valence-electron chi connectivity index (χ0n) is 15.9. The zero-order valence-corrected chi connectivity index (χ0v) is 17.5. The average molecular weight is 467 g/mol. The van der Waals surface area contributed by atoms with Crippen LogP contribution in [-0.2, 0) is 9.53 Å². The Morgan fingerprint density at radius 3 is 2.10 bits per heavy atom. The maximum Gasteiger partial charge on any atom is 0.333 e. The van der Waals surface area contributed by atoms with Gasteiger partial charge in [0.1, 0.15) is 12.3 Å². The third kappa shape index (κ3) is 5.55. The van der Waals surface area contributed by atoms with E-state index in [0.717, 1.165) is 4.47 Å². The molecule has 7 heteroatoms. The van der Waals surface area contributed by atoms with Crippen molar-refractivity contribution in [3.8, 4) is 0 Å². The zero-order chi connectivity index (χ0) is 21.3. The van der Waals surface area contributed by atoms with Crippen molar-refractivity contribution in [3.05, 3.63) is 106 Å². The molecule has 0 unspecified atom stereocenters. The summed E-state index contributed by atoms with van der Waals surface area (Å²) in [6.07, 6.45) is 0. The van der Waals surface area contributed by atoms with Gasteiger partial charge in [-0.3, -0.25) is 4.79 Å². The van der Waals surface area contributed by atoms with E-state index in [2.05, 4.69) is 26.4 Å². The molecule has 0 spiro atoms. The Morgan fingerprint density at radius 1 is 0.900 bits per heavy atom. The first-order valence-electron chi connectivity index (χ1n) is 9.13. The van der Waals surface area contributed by atoms with Crippen LogP contribution >= 0.6 is 15.9 Å². The van der Waals surface area contributed by atoms with E-state index in [1.54, 1.807) is 78.9 Å². The second-order valence-electron chi connectivity index (χ2n) is 6.34. The number of carbonyl (C=O) groups is 2. The summed E-state index contributed by atoms with van der Waals surface area (Å²) >= 11 is 3.34. The van der Waals surface area contributed by atoms with Crippen LogP contribution in [0.1, 0.15) is 27.5 Å². The topological polar surface area (TPSA) is 88.0 Å². The number of halogens is 1. The normalized spacial score (nSPS) is 12.1. The molecule has 0 radical (unpaired) electrons. The van der Waals surface area contributed by atoms with Gasteiger partial charge in [0.25, 0.3) is 5.91 Å². The van der Waals surface area contributed by atoms with Crippen LogP contribution in [0.25, 0.3) is 0 Å². The highest BCUT2D eigenvalue weighted by molar-refractivity contribution is 9.10. The van der Waals surface area contributed by atoms with Gasteiger partial charge >= 0.3 is 5.97 Å². The van der Waals surface area contributed by atoms with E-state index in [1.165, 1.54) is 0 Å². The predicted molar refractivity (Wildman–Crippen MR) is 117 cm³/mol. The summed E-state index contributed by atoms with van der Waals surface area (Å²) in [5.41, 5.74) is 1.81. The molecular formula is C23H19BrN2O4. The summed E-state index contributed by atoms with van der Waals surface area (Å²) in [6, 6.07) is 23.5. The predicted octanol–water partition coefficient (Wildman–Crippen LogP) is 4.34. The molecule has 30 heavy (non-hydrogen) atoms. The average Bonchev–Trinajstić information content (AvgIpc) is 2.79. The lowest BCUT2D eigenvalue weighted by atomic mass is 10.1. The van der Waals surface area contributed by atoms with Gasteiger partial charge in [0, 0.05) is 15.6 Å². The lowest BCUT2D eigenvalue weighted by molar-refractivity contribution is -0.144. The van der Waals surface area contributed by atoms with E-state index < -0.39 is 17.9 Å². The van der Waals surface area contributed by atoms with Gasteiger partial charge in [0.2, 0.25) is 0 Å². The van der Waals surface area contributed by atoms with Gasteiger partial charge in [-0.2, -0.15) is 0 Å². The van der Waals surface area contributed by atoms with Gasteiger partial charge < -0.3 is 15.3 Å². The van der Waals surface area contributed by atoms with Crippen molar-refractivity contribution in [1.29, 1.82) is 0 Å². The Morgan fingerprint density at radius 2 is 1.50 bits per heavy atom. The first kappa shape index (κ1) is 21.3. The van der Waals surface area contributed by atoms with Gasteiger partial charge in [0.05, 0.1) is 0 Å². The number of nitrogens with one attached hydrogen (secondary N) is 1. The number of rotatable bonds is 7. The van der Waals surface area contributed by atoms with Crippen molar-refractivity contribution in [3.63, 3.8) is 0 Å². The molecule has 1 amide bonds. The molecule has 0 aromatic heterocycles. The standard InChI is InChI=1S/C23H19BrN2O4/c24-19-13-11-16(12-14-19)20(26-29)15-30-23(28)21(17-7-3-1-4-8-17)25-22(27)18-9-5-2-6-10-18/h1-14,21,29H,15H2,(H,25,27)/t21-/m1/s1. The first-order chi connectivity index (χ1) is 14.6. The Labute approximate surface area is 182 Å². The Bertz CT molecular complexity index is 1020. The highest BCUT2D eigenvalue weighted by Crippen LogP contribution is 2.17. The SMILES string of the molecule is O=C(N[C@@H](C(=O)OCC(=NO)c1ccc(Br)cc1)c1ccccc1)c1ccccc1. The molecule has 6 nitrogen and oxygen atoms in total. The number of carbonyl (C=O) groups excluding carboxylic acids is 2. The summed E-state index contributed by atoms with van der Waals surface area (Å²) in [4.78, 5) is 25.4. The van der Waals surface area contributed by atoms with Crippen LogP contribution in [0.2, 0.25) is 0 Å². The van der Waals surface area contributed by atoms with E-state index >= 15 is 0 Å². The van der Waals surface area contributed by atoms with Crippen molar-refractivity contribution in [2.45, 2.75) is 6.04 Å². The molecule has 0 aliphatic carbocycles. The minimum atomic E-state index is -1.01. The smallest absolute Gasteiger partial charge is 0.333 e. The maximum atomic E-state index is 12.8. The summed E-state index contributed by atoms with van der Waals surface area (Å²) in [5, 5.41) is 15.3. The molecular weight excluding hydrogens is 448 g/mol. The third-order valence-electron chi connectivity index (χ3n) is 4.33. The number of oxime groups is 1. The molecule has 3 aromatic rings. The van der Waals surface area contributed by atoms with E-state index in [0.29, 0.717) is 16.7 Å². The number of nitrogens with zero attached hydrogens (tertiary/aromatic N) is 1. The number of benzene rings is 3. The van der Waals surface area contributed by atoms with Crippen LogP contribution in [-0.4, -0.2) is 29.4 Å². The van der Waals surface area contributed by atoms with Crippen LogP contribution in [0, 0.1) is 0 Å². The molecule has 152 valence electrons. The fourth-order valence-corrected chi connectivity index (χ4v) is 3.03. The van der Waals surface area contributed by atoms with Crippen molar-refractivity contribution >= 4 is 33.5 Å². The number of hydrogen-bond donors (Lipinski definition) is 2. The maximum absolute atomic E-state index is 12.8. The van der Waals surface area contributed by atoms with E-state index in [4.69, 9.17) is 4.74 Å². The van der Waals surface area contributed by atoms with Crippen LogP contribution in [0.4, 0.5) is 0 Å². The van der Waals surface area contributed by atoms with E-state index in [1.807, 2.05) is 6.07 Å². The molecule has 0 saturated heterocycles. The minimum Gasteiger partial charge on any atom is -0.457 e. The summed E-state index contributed by atoms with van der Waals surface area (Å²) in [7, 11) is 0. The Hall–Kier alpha value is -3.45. The van der Waals surface area contributed by atoms with Gasteiger partial charge in [-0.05, 0) is 29.8 Å². The molecule has 0 aliphatic heterocycles. The van der Waals surface area contributed by atoms with Crippen molar-refractivity contribution in [2.24, 2.45) is 5.16 Å². The van der Waals surface area contributed by atoms with Crippen molar-refractivity contribution in [1.82, 2.24) is 5.32 Å². The number of amides is 1. The summed E-state index contributed by atoms with van der Waals surface area (Å²) in [6.45, 7) is -0.249. The van der Waals surface area contributed by atoms with E-state index in [9.17, 15) is 14.8 Å². The highest BCUT2D eigenvalue weighted by Gasteiger charge is 2.25. The molecule has 2 N–H and O–H groups in total. The Kier molecular flexibility index (Phi) is 7.34. The molecule has 1 atom stereocenters. The molecule has 0 aliphatic rings. The van der Waals surface area contributed by atoms with Crippen LogP contribution in [0.5, 0.6) is 0 Å². The van der Waals surface area contributed by atoms with Gasteiger partial charge in [-0.25, -0.2) is 4.79 Å². The molecule has 0 bridgehead atoms. The number of ether oxygens (including phenoxy) is 1. The Balaban J connectivity index is 1.75. The fourth-order valence-electron chi connectivity index (χ4n) is 2.76. The summed E-state index contributed by atoms with van der Waals surface area (Å²) in [5.74, 6) is -1.06. The van der Waals surface area contributed by atoms with Gasteiger partial charge in [0.15, 0.2) is 6.04 Å². The van der Waals surface area contributed by atoms with Crippen molar-refractivity contribution in [2.75, 3.05) is 6.61 Å². The molecule has 0 fully saturated rings. The van der Waals surface area contributed by atoms with Crippen LogP contribution in [0.15, 0.2) is 94.6 Å². The molecule has 3 aromatic carbocycles. The second kappa shape index (κ2) is 10.4. The largest absolute Gasteiger partial charge is 0.457 e. The minimum absolute atomic E-state index is 0.192. The van der Waals surface area contributed by atoms with Crippen molar-refractivity contribution < 1.29 is 19.5 Å². The van der Waals surface area contributed by atoms with Gasteiger partial charge in [-0.15, -0.1) is 0 Å². The second-order valence-corrected chi connectivity index (χ2v) is 7.26. The number of esters is 1. The third-order valence-corrected chi connectivity index (χ3v) is 4.86. The van der Waals surface area contributed by atoms with Gasteiger partial charge in [-0.1, -0.05) is 81.7 Å².